The summed E-state index contributed by atoms with van der Waals surface area (Å²) in [5.41, 5.74) is 1.55. The number of piperidine rings is 1. The second kappa shape index (κ2) is 7.99. The third-order valence-electron chi connectivity index (χ3n) is 5.37. The molecule has 1 fully saturated rings. The lowest BCUT2D eigenvalue weighted by Gasteiger charge is -2.35. The summed E-state index contributed by atoms with van der Waals surface area (Å²) in [5.74, 6) is 0.853. The Morgan fingerprint density at radius 1 is 1.17 bits per heavy atom. The van der Waals surface area contributed by atoms with E-state index in [1.165, 1.54) is 11.6 Å². The van der Waals surface area contributed by atoms with Crippen molar-refractivity contribution in [1.82, 2.24) is 14.9 Å². The van der Waals surface area contributed by atoms with Crippen LogP contribution < -0.4 is 0 Å². The van der Waals surface area contributed by atoms with Crippen LogP contribution in [0.2, 0.25) is 0 Å². The average molecular weight is 401 g/mol. The minimum Gasteiger partial charge on any atom is -0.441 e. The monoisotopic (exact) mass is 401 g/mol. The van der Waals surface area contributed by atoms with Crippen LogP contribution in [0.3, 0.4) is 0 Å². The van der Waals surface area contributed by atoms with E-state index in [1.807, 2.05) is 19.2 Å². The molecular formula is C22H22F3N3O. The van der Waals surface area contributed by atoms with Crippen LogP contribution in [-0.4, -0.2) is 21.4 Å². The second-order valence-corrected chi connectivity index (χ2v) is 7.37. The highest BCUT2D eigenvalue weighted by Crippen LogP contribution is 2.34. The van der Waals surface area contributed by atoms with Gasteiger partial charge in [-0.25, -0.2) is 4.98 Å². The molecule has 4 nitrogen and oxygen atoms in total. The Morgan fingerprint density at radius 2 is 2.03 bits per heavy atom. The SMILES string of the molecule is Cc1oc(-c2cccc(C(F)(F)F)c2)nc1CN1CCCC[C@H]1c1cccnc1. The van der Waals surface area contributed by atoms with Gasteiger partial charge in [-0.1, -0.05) is 18.6 Å². The van der Waals surface area contributed by atoms with Gasteiger partial charge in [-0.15, -0.1) is 0 Å². The van der Waals surface area contributed by atoms with Gasteiger partial charge in [0.05, 0.1) is 11.3 Å². The molecule has 3 aromatic rings. The van der Waals surface area contributed by atoms with Crippen molar-refractivity contribution in [3.8, 4) is 11.5 Å². The highest BCUT2D eigenvalue weighted by atomic mass is 19.4. The van der Waals surface area contributed by atoms with E-state index < -0.39 is 11.7 Å². The zero-order valence-electron chi connectivity index (χ0n) is 16.1. The van der Waals surface area contributed by atoms with Crippen LogP contribution in [0.15, 0.2) is 53.2 Å². The molecule has 0 unspecified atom stereocenters. The van der Waals surface area contributed by atoms with Gasteiger partial charge in [0.2, 0.25) is 5.89 Å². The van der Waals surface area contributed by atoms with Gasteiger partial charge in [-0.05, 0) is 56.1 Å². The molecule has 1 aliphatic heterocycles. The maximum atomic E-state index is 13.0. The molecule has 1 atom stereocenters. The third-order valence-corrected chi connectivity index (χ3v) is 5.37. The van der Waals surface area contributed by atoms with Gasteiger partial charge < -0.3 is 4.42 Å². The summed E-state index contributed by atoms with van der Waals surface area (Å²) >= 11 is 0. The first-order valence-corrected chi connectivity index (χ1v) is 9.70. The van der Waals surface area contributed by atoms with E-state index in [2.05, 4.69) is 20.9 Å². The van der Waals surface area contributed by atoms with Crippen LogP contribution >= 0.6 is 0 Å². The average Bonchev–Trinajstić information content (AvgIpc) is 3.09. The zero-order chi connectivity index (χ0) is 20.4. The summed E-state index contributed by atoms with van der Waals surface area (Å²) in [7, 11) is 0. The highest BCUT2D eigenvalue weighted by Gasteiger charge is 2.31. The number of rotatable bonds is 4. The Kier molecular flexibility index (Phi) is 5.41. The second-order valence-electron chi connectivity index (χ2n) is 7.37. The number of halogens is 3. The molecule has 0 spiro atoms. The summed E-state index contributed by atoms with van der Waals surface area (Å²) < 4.78 is 44.8. The van der Waals surface area contributed by atoms with E-state index in [9.17, 15) is 13.2 Å². The molecule has 2 aromatic heterocycles. The molecule has 152 valence electrons. The number of pyridine rings is 1. The summed E-state index contributed by atoms with van der Waals surface area (Å²) in [6, 6.07) is 9.37. The number of oxazole rings is 1. The summed E-state index contributed by atoms with van der Waals surface area (Å²) in [4.78, 5) is 11.1. The lowest BCUT2D eigenvalue weighted by atomic mass is 9.96. The third kappa shape index (κ3) is 4.34. The topological polar surface area (TPSA) is 42.2 Å². The molecule has 1 aliphatic rings. The maximum absolute atomic E-state index is 13.0. The first kappa shape index (κ1) is 19.6. The molecule has 0 saturated carbocycles. The van der Waals surface area contributed by atoms with Crippen LogP contribution in [0.5, 0.6) is 0 Å². The number of aryl methyl sites for hydroxylation is 1. The van der Waals surface area contributed by atoms with Gasteiger partial charge in [-0.3, -0.25) is 9.88 Å². The summed E-state index contributed by atoms with van der Waals surface area (Å²) in [5, 5.41) is 0. The first-order chi connectivity index (χ1) is 13.9. The van der Waals surface area contributed by atoms with Crippen molar-refractivity contribution in [1.29, 1.82) is 0 Å². The number of aromatic nitrogens is 2. The number of hydrogen-bond donors (Lipinski definition) is 0. The molecule has 29 heavy (non-hydrogen) atoms. The van der Waals surface area contributed by atoms with Crippen LogP contribution in [0, 0.1) is 6.92 Å². The molecule has 0 amide bonds. The van der Waals surface area contributed by atoms with Crippen molar-refractivity contribution in [3.05, 3.63) is 71.4 Å². The Hall–Kier alpha value is -2.67. The Labute approximate surface area is 167 Å². The number of nitrogens with zero attached hydrogens (tertiary/aromatic N) is 3. The Bertz CT molecular complexity index is 969. The summed E-state index contributed by atoms with van der Waals surface area (Å²) in [6.45, 7) is 3.33. The van der Waals surface area contributed by atoms with Gasteiger partial charge >= 0.3 is 6.18 Å². The van der Waals surface area contributed by atoms with Gasteiger partial charge in [0, 0.05) is 30.5 Å². The summed E-state index contributed by atoms with van der Waals surface area (Å²) in [6.07, 6.45) is 2.57. The highest BCUT2D eigenvalue weighted by molar-refractivity contribution is 5.55. The molecule has 1 saturated heterocycles. The maximum Gasteiger partial charge on any atom is 0.416 e. The quantitative estimate of drug-likeness (QED) is 0.555. The molecule has 7 heteroatoms. The van der Waals surface area contributed by atoms with E-state index >= 15 is 0 Å². The van der Waals surface area contributed by atoms with Gasteiger partial charge in [0.15, 0.2) is 0 Å². The van der Waals surface area contributed by atoms with E-state index in [0.717, 1.165) is 43.6 Å². The van der Waals surface area contributed by atoms with Crippen molar-refractivity contribution >= 4 is 0 Å². The van der Waals surface area contributed by atoms with E-state index in [1.54, 1.807) is 12.3 Å². The molecule has 0 aliphatic carbocycles. The van der Waals surface area contributed by atoms with Crippen molar-refractivity contribution in [2.24, 2.45) is 0 Å². The largest absolute Gasteiger partial charge is 0.441 e. The van der Waals surface area contributed by atoms with E-state index in [-0.39, 0.29) is 11.9 Å². The molecule has 3 heterocycles. The lowest BCUT2D eigenvalue weighted by Crippen LogP contribution is -2.33. The Morgan fingerprint density at radius 3 is 2.79 bits per heavy atom. The van der Waals surface area contributed by atoms with Crippen LogP contribution in [-0.2, 0) is 12.7 Å². The van der Waals surface area contributed by atoms with Crippen LogP contribution in [0.4, 0.5) is 13.2 Å². The van der Waals surface area contributed by atoms with Gasteiger partial charge in [-0.2, -0.15) is 13.2 Å². The predicted octanol–water partition coefficient (Wildman–Crippen LogP) is 5.79. The van der Waals surface area contributed by atoms with Crippen molar-refractivity contribution in [2.75, 3.05) is 6.54 Å². The van der Waals surface area contributed by atoms with Crippen molar-refractivity contribution < 1.29 is 17.6 Å². The fourth-order valence-corrected chi connectivity index (χ4v) is 3.85. The molecule has 0 radical (unpaired) electrons. The van der Waals surface area contributed by atoms with Crippen molar-refractivity contribution in [2.45, 2.75) is 44.9 Å². The standard InChI is InChI=1S/C22H22F3N3O/c1-15-19(14-28-11-3-2-9-20(28)17-7-5-10-26-13-17)27-21(29-15)16-6-4-8-18(12-16)22(23,24)25/h4-8,10,12-13,20H,2-3,9,11,14H2,1H3/t20-/m0/s1. The molecule has 4 rings (SSSR count). The van der Waals surface area contributed by atoms with E-state index in [4.69, 9.17) is 4.42 Å². The fraction of sp³-hybridized carbons (Fsp3) is 0.364. The normalized spacial score (nSPS) is 18.1. The van der Waals surface area contributed by atoms with Gasteiger partial charge in [0.25, 0.3) is 0 Å². The minimum absolute atomic E-state index is 0.221. The van der Waals surface area contributed by atoms with Gasteiger partial charge in [0.1, 0.15) is 5.76 Å². The minimum atomic E-state index is -4.40. The van der Waals surface area contributed by atoms with Crippen molar-refractivity contribution in [3.63, 3.8) is 0 Å². The van der Waals surface area contributed by atoms with Crippen LogP contribution in [0.25, 0.3) is 11.5 Å². The smallest absolute Gasteiger partial charge is 0.416 e. The lowest BCUT2D eigenvalue weighted by molar-refractivity contribution is -0.137. The Balaban J connectivity index is 1.58. The predicted molar refractivity (Wildman–Crippen MR) is 103 cm³/mol. The number of hydrogen-bond acceptors (Lipinski definition) is 4. The van der Waals surface area contributed by atoms with E-state index in [0.29, 0.717) is 17.9 Å². The first-order valence-electron chi connectivity index (χ1n) is 9.70. The number of likely N-dealkylation sites (tertiary alicyclic amines) is 1. The molecule has 1 aromatic carbocycles. The molecule has 0 N–H and O–H groups in total. The van der Waals surface area contributed by atoms with Crippen LogP contribution in [0.1, 0.15) is 47.9 Å². The number of benzene rings is 1. The molecular weight excluding hydrogens is 379 g/mol. The molecule has 0 bridgehead atoms. The fourth-order valence-electron chi connectivity index (χ4n) is 3.85. The zero-order valence-corrected chi connectivity index (χ0v) is 16.1. The number of alkyl halides is 3.